The number of ether oxygens (including phenoxy) is 1. The summed E-state index contributed by atoms with van der Waals surface area (Å²) >= 11 is 0. The predicted molar refractivity (Wildman–Crippen MR) is 85.3 cm³/mol. The molecule has 0 aromatic carbocycles. The lowest BCUT2D eigenvalue weighted by molar-refractivity contribution is -0.140. The number of alkyl halides is 1. The van der Waals surface area contributed by atoms with Crippen LogP contribution in [0.5, 0.6) is 0 Å². The van der Waals surface area contributed by atoms with Crippen molar-refractivity contribution in [1.29, 1.82) is 0 Å². The first-order valence-corrected chi connectivity index (χ1v) is 8.40. The molecule has 8 heteroatoms. The highest BCUT2D eigenvalue weighted by Crippen LogP contribution is 2.24. The number of likely N-dealkylation sites (tertiary alicyclic amines) is 1. The highest BCUT2D eigenvalue weighted by atomic mass is 19.1. The van der Waals surface area contributed by atoms with Crippen LogP contribution in [0.2, 0.25) is 0 Å². The number of hydrogen-bond acceptors (Lipinski definition) is 5. The van der Waals surface area contributed by atoms with Gasteiger partial charge in [0.05, 0.1) is 25.8 Å². The highest BCUT2D eigenvalue weighted by molar-refractivity contribution is 5.82. The zero-order chi connectivity index (χ0) is 17.1. The van der Waals surface area contributed by atoms with Crippen LogP contribution < -0.4 is 5.56 Å². The number of aromatic amines is 1. The molecule has 2 atom stereocenters. The summed E-state index contributed by atoms with van der Waals surface area (Å²) in [6.45, 7) is 4.49. The van der Waals surface area contributed by atoms with Crippen molar-refractivity contribution in [3.63, 3.8) is 0 Å². The summed E-state index contributed by atoms with van der Waals surface area (Å²) in [5.41, 5.74) is 0.477. The number of carbonyl (C=O) groups excluding carboxylic acids is 1. The number of morpholine rings is 1. The molecule has 1 amide bonds. The van der Waals surface area contributed by atoms with E-state index in [9.17, 15) is 14.0 Å². The van der Waals surface area contributed by atoms with Crippen LogP contribution in [-0.4, -0.2) is 70.7 Å². The van der Waals surface area contributed by atoms with E-state index in [1.165, 1.54) is 6.07 Å². The molecule has 0 radical (unpaired) electrons. The minimum Gasteiger partial charge on any atom is -0.378 e. The van der Waals surface area contributed by atoms with Gasteiger partial charge in [-0.05, 0) is 6.42 Å². The fourth-order valence-corrected chi connectivity index (χ4v) is 3.29. The van der Waals surface area contributed by atoms with E-state index in [4.69, 9.17) is 4.74 Å². The monoisotopic (exact) mass is 338 g/mol. The third-order valence-corrected chi connectivity index (χ3v) is 4.52. The van der Waals surface area contributed by atoms with Gasteiger partial charge in [-0.1, -0.05) is 6.92 Å². The second-order valence-electron chi connectivity index (χ2n) is 6.25. The molecule has 0 saturated carbocycles. The quantitative estimate of drug-likeness (QED) is 0.843. The second kappa shape index (κ2) is 7.40. The van der Waals surface area contributed by atoms with Gasteiger partial charge < -0.3 is 14.6 Å². The number of halogens is 1. The van der Waals surface area contributed by atoms with Gasteiger partial charge >= 0.3 is 0 Å². The molecular weight excluding hydrogens is 315 g/mol. The number of nitrogens with one attached hydrogen (secondary N) is 1. The van der Waals surface area contributed by atoms with E-state index in [-0.39, 0.29) is 31.0 Å². The fourth-order valence-electron chi connectivity index (χ4n) is 3.29. The van der Waals surface area contributed by atoms with Crippen molar-refractivity contribution in [3.05, 3.63) is 27.9 Å². The van der Waals surface area contributed by atoms with Crippen molar-refractivity contribution >= 4 is 5.91 Å². The Morgan fingerprint density at radius 1 is 1.46 bits per heavy atom. The summed E-state index contributed by atoms with van der Waals surface area (Å²) in [5, 5.41) is 0. The Hall–Kier alpha value is -1.80. The van der Waals surface area contributed by atoms with Crippen LogP contribution in [0.25, 0.3) is 0 Å². The van der Waals surface area contributed by atoms with Gasteiger partial charge in [0.15, 0.2) is 0 Å². The van der Waals surface area contributed by atoms with Crippen molar-refractivity contribution < 1.29 is 13.9 Å². The summed E-state index contributed by atoms with van der Waals surface area (Å²) < 4.78 is 19.2. The van der Waals surface area contributed by atoms with E-state index in [1.807, 2.05) is 6.92 Å². The topological polar surface area (TPSA) is 78.5 Å². The molecule has 2 aliphatic rings. The lowest BCUT2D eigenvalue weighted by atomic mass is 10.1. The molecule has 24 heavy (non-hydrogen) atoms. The third kappa shape index (κ3) is 3.81. The molecule has 2 aliphatic heterocycles. The molecule has 3 rings (SSSR count). The van der Waals surface area contributed by atoms with Gasteiger partial charge in [0, 0.05) is 37.8 Å². The van der Waals surface area contributed by atoms with E-state index >= 15 is 0 Å². The lowest BCUT2D eigenvalue weighted by Crippen LogP contribution is -2.49. The largest absolute Gasteiger partial charge is 0.378 e. The first-order valence-electron chi connectivity index (χ1n) is 8.40. The predicted octanol–water partition coefficient (Wildman–Crippen LogP) is 0.104. The molecule has 0 spiro atoms. The average Bonchev–Trinajstić information content (AvgIpc) is 2.94. The molecular formula is C16H23FN4O3. The maximum atomic E-state index is 13.9. The molecule has 1 N–H and O–H groups in total. The standard InChI is InChI=1S/C16H23FN4O3/c1-2-12-8-15(22)19-14(18-12)10-21-9-11(17)7-13(21)16(23)20-3-5-24-6-4-20/h8,11,13H,2-7,9-10H2,1H3,(H,18,19,22)/t11-,13+/m1/s1. The van der Waals surface area contributed by atoms with E-state index < -0.39 is 12.2 Å². The van der Waals surface area contributed by atoms with Gasteiger partial charge in [-0.15, -0.1) is 0 Å². The van der Waals surface area contributed by atoms with Crippen molar-refractivity contribution in [2.24, 2.45) is 0 Å². The minimum atomic E-state index is -1.04. The zero-order valence-corrected chi connectivity index (χ0v) is 13.8. The van der Waals surface area contributed by atoms with Crippen molar-refractivity contribution in [2.45, 2.75) is 38.5 Å². The van der Waals surface area contributed by atoms with Gasteiger partial charge in [-0.2, -0.15) is 0 Å². The fraction of sp³-hybridized carbons (Fsp3) is 0.688. The normalized spacial score (nSPS) is 25.2. The summed E-state index contributed by atoms with van der Waals surface area (Å²) in [6.07, 6.45) is -0.201. The van der Waals surface area contributed by atoms with Crippen molar-refractivity contribution in [2.75, 3.05) is 32.8 Å². The number of hydrogen-bond donors (Lipinski definition) is 1. The number of nitrogens with zero attached hydrogens (tertiary/aromatic N) is 3. The Morgan fingerprint density at radius 3 is 2.92 bits per heavy atom. The van der Waals surface area contributed by atoms with Crippen LogP contribution >= 0.6 is 0 Å². The molecule has 2 fully saturated rings. The van der Waals surface area contributed by atoms with Crippen LogP contribution in [0.15, 0.2) is 10.9 Å². The number of aromatic nitrogens is 2. The third-order valence-electron chi connectivity index (χ3n) is 4.52. The SMILES string of the molecule is CCc1cc(=O)[nH]c(CN2C[C@H](F)C[C@H]2C(=O)N2CCOCC2)n1. The van der Waals surface area contributed by atoms with E-state index in [1.54, 1.807) is 9.80 Å². The van der Waals surface area contributed by atoms with Crippen LogP contribution in [-0.2, 0) is 22.5 Å². The Morgan fingerprint density at radius 2 is 2.21 bits per heavy atom. The Balaban J connectivity index is 1.74. The number of aryl methyl sites for hydroxylation is 1. The number of H-pyrrole nitrogens is 1. The molecule has 2 saturated heterocycles. The Labute approximate surface area is 139 Å². The molecule has 0 unspecified atom stereocenters. The van der Waals surface area contributed by atoms with Crippen molar-refractivity contribution in [1.82, 2.24) is 19.8 Å². The van der Waals surface area contributed by atoms with Gasteiger partial charge in [-0.3, -0.25) is 14.5 Å². The molecule has 7 nitrogen and oxygen atoms in total. The maximum Gasteiger partial charge on any atom is 0.251 e. The molecule has 1 aromatic heterocycles. The average molecular weight is 338 g/mol. The number of rotatable bonds is 4. The summed E-state index contributed by atoms with van der Waals surface area (Å²) in [6, 6.07) is 0.954. The van der Waals surface area contributed by atoms with Crippen LogP contribution in [0.1, 0.15) is 24.9 Å². The van der Waals surface area contributed by atoms with Gasteiger partial charge in [0.2, 0.25) is 5.91 Å². The molecule has 0 aliphatic carbocycles. The molecule has 1 aromatic rings. The van der Waals surface area contributed by atoms with Crippen LogP contribution in [0.4, 0.5) is 4.39 Å². The Bertz CT molecular complexity index is 644. The van der Waals surface area contributed by atoms with Gasteiger partial charge in [-0.25, -0.2) is 9.37 Å². The maximum absolute atomic E-state index is 13.9. The van der Waals surface area contributed by atoms with Crippen LogP contribution in [0.3, 0.4) is 0 Å². The molecule has 132 valence electrons. The Kier molecular flexibility index (Phi) is 5.25. The highest BCUT2D eigenvalue weighted by Gasteiger charge is 2.39. The van der Waals surface area contributed by atoms with E-state index in [2.05, 4.69) is 9.97 Å². The summed E-state index contributed by atoms with van der Waals surface area (Å²) in [5.74, 6) is 0.417. The van der Waals surface area contributed by atoms with E-state index in [0.29, 0.717) is 44.2 Å². The first-order chi connectivity index (χ1) is 11.6. The summed E-state index contributed by atoms with van der Waals surface area (Å²) in [7, 11) is 0. The van der Waals surface area contributed by atoms with Crippen LogP contribution in [0, 0.1) is 0 Å². The van der Waals surface area contributed by atoms with Gasteiger partial charge in [0.25, 0.3) is 5.56 Å². The number of amides is 1. The van der Waals surface area contributed by atoms with Crippen molar-refractivity contribution in [3.8, 4) is 0 Å². The minimum absolute atomic E-state index is 0.0626. The lowest BCUT2D eigenvalue weighted by Gasteiger charge is -2.32. The second-order valence-corrected chi connectivity index (χ2v) is 6.25. The molecule has 0 bridgehead atoms. The van der Waals surface area contributed by atoms with Gasteiger partial charge in [0.1, 0.15) is 12.0 Å². The first kappa shape index (κ1) is 17.0. The number of carbonyl (C=O) groups is 1. The van der Waals surface area contributed by atoms with E-state index in [0.717, 1.165) is 0 Å². The smallest absolute Gasteiger partial charge is 0.251 e. The molecule has 3 heterocycles. The zero-order valence-electron chi connectivity index (χ0n) is 13.8. The summed E-state index contributed by atoms with van der Waals surface area (Å²) in [4.78, 5) is 35.0.